The zero-order chi connectivity index (χ0) is 15.9. The first-order valence-corrected chi connectivity index (χ1v) is 7.08. The van der Waals surface area contributed by atoms with E-state index in [2.05, 4.69) is 18.9 Å². The van der Waals surface area contributed by atoms with E-state index in [1.807, 2.05) is 29.1 Å². The summed E-state index contributed by atoms with van der Waals surface area (Å²) < 4.78 is 23.2. The summed E-state index contributed by atoms with van der Waals surface area (Å²) in [7, 11) is 3.17. The van der Waals surface area contributed by atoms with Crippen LogP contribution in [0.3, 0.4) is 0 Å². The zero-order valence-electron chi connectivity index (χ0n) is 13.7. The largest absolute Gasteiger partial charge is 0.467 e. The Bertz CT molecular complexity index is 575. The Hall–Kier alpha value is -1.36. The van der Waals surface area contributed by atoms with Crippen LogP contribution < -0.4 is 9.47 Å². The van der Waals surface area contributed by atoms with Crippen molar-refractivity contribution in [1.29, 1.82) is 0 Å². The fourth-order valence-electron chi connectivity index (χ4n) is 2.03. The van der Waals surface area contributed by atoms with Gasteiger partial charge in [0.15, 0.2) is 13.6 Å². The van der Waals surface area contributed by atoms with Crippen LogP contribution in [0.5, 0.6) is 11.5 Å². The van der Waals surface area contributed by atoms with Crippen molar-refractivity contribution in [3.05, 3.63) is 30.6 Å². The van der Waals surface area contributed by atoms with Gasteiger partial charge in [0.1, 0.15) is 11.5 Å². The molecule has 0 radical (unpaired) electrons. The van der Waals surface area contributed by atoms with Crippen LogP contribution in [0.1, 0.15) is 19.9 Å². The molecule has 2 rings (SSSR count). The summed E-state index contributed by atoms with van der Waals surface area (Å²) in [5, 5.41) is 4.38. The maximum Gasteiger partial charge on any atom is 0.188 e. The summed E-state index contributed by atoms with van der Waals surface area (Å²) in [6.45, 7) is 4.48. The molecule has 1 heterocycles. The normalized spacial score (nSPS) is 10.5. The van der Waals surface area contributed by atoms with Gasteiger partial charge in [0.2, 0.25) is 0 Å². The second kappa shape index (κ2) is 9.70. The van der Waals surface area contributed by atoms with Crippen molar-refractivity contribution in [2.75, 3.05) is 27.8 Å². The van der Waals surface area contributed by atoms with Gasteiger partial charge < -0.3 is 18.9 Å². The van der Waals surface area contributed by atoms with Crippen molar-refractivity contribution in [3.63, 3.8) is 0 Å². The number of hydrogen-bond donors (Lipinski definition) is 0. The summed E-state index contributed by atoms with van der Waals surface area (Å²) >= 11 is 0. The van der Waals surface area contributed by atoms with Crippen LogP contribution in [-0.4, -0.2) is 37.6 Å². The van der Waals surface area contributed by atoms with E-state index in [1.165, 1.54) is 0 Å². The SMILES string of the molecule is COCOc1cccc(OCOC)c1-c1cnn(C(C)C)c1.[Pt]. The number of rotatable bonds is 8. The molecule has 0 saturated carbocycles. The van der Waals surface area contributed by atoms with Crippen LogP contribution in [0.15, 0.2) is 30.6 Å². The van der Waals surface area contributed by atoms with E-state index in [1.54, 1.807) is 20.4 Å². The molecular weight excluding hydrogens is 479 g/mol. The van der Waals surface area contributed by atoms with Gasteiger partial charge in [-0.1, -0.05) is 6.07 Å². The molecule has 1 aromatic carbocycles. The molecule has 7 heteroatoms. The van der Waals surface area contributed by atoms with Gasteiger partial charge in [0.25, 0.3) is 0 Å². The van der Waals surface area contributed by atoms with E-state index in [0.29, 0.717) is 11.5 Å². The Morgan fingerprint density at radius 2 is 1.61 bits per heavy atom. The van der Waals surface area contributed by atoms with E-state index in [9.17, 15) is 0 Å². The Balaban J connectivity index is 0.00000264. The fourth-order valence-corrected chi connectivity index (χ4v) is 2.03. The van der Waals surface area contributed by atoms with Gasteiger partial charge in [-0.3, -0.25) is 4.68 Å². The van der Waals surface area contributed by atoms with E-state index in [-0.39, 0.29) is 40.7 Å². The second-order valence-corrected chi connectivity index (χ2v) is 5.03. The van der Waals surface area contributed by atoms with E-state index < -0.39 is 0 Å². The molecule has 0 atom stereocenters. The molecule has 0 fully saturated rings. The average molecular weight is 501 g/mol. The van der Waals surface area contributed by atoms with Gasteiger partial charge >= 0.3 is 0 Å². The minimum atomic E-state index is 0. The van der Waals surface area contributed by atoms with E-state index >= 15 is 0 Å². The van der Waals surface area contributed by atoms with Gasteiger partial charge in [-0.2, -0.15) is 5.10 Å². The molecule has 23 heavy (non-hydrogen) atoms. The summed E-state index contributed by atoms with van der Waals surface area (Å²) in [4.78, 5) is 0. The third kappa shape index (κ3) is 5.06. The maximum absolute atomic E-state index is 5.65. The van der Waals surface area contributed by atoms with Crippen molar-refractivity contribution in [2.45, 2.75) is 19.9 Å². The van der Waals surface area contributed by atoms with Crippen molar-refractivity contribution >= 4 is 0 Å². The van der Waals surface area contributed by atoms with Crippen molar-refractivity contribution in [3.8, 4) is 22.6 Å². The predicted octanol–water partition coefficient (Wildman–Crippen LogP) is 3.09. The molecule has 2 aromatic rings. The zero-order valence-corrected chi connectivity index (χ0v) is 16.0. The molecule has 1 aromatic heterocycles. The number of nitrogens with zero attached hydrogens (tertiary/aromatic N) is 2. The van der Waals surface area contributed by atoms with Crippen molar-refractivity contribution < 1.29 is 40.0 Å². The Kier molecular flexibility index (Phi) is 8.31. The van der Waals surface area contributed by atoms with E-state index in [4.69, 9.17) is 18.9 Å². The smallest absolute Gasteiger partial charge is 0.188 e. The summed E-state index contributed by atoms with van der Waals surface area (Å²) in [5.41, 5.74) is 1.76. The molecule has 0 saturated heterocycles. The number of ether oxygens (including phenoxy) is 4. The second-order valence-electron chi connectivity index (χ2n) is 5.03. The summed E-state index contributed by atoms with van der Waals surface area (Å²) in [5.74, 6) is 1.36. The van der Waals surface area contributed by atoms with Gasteiger partial charge in [0, 0.05) is 53.1 Å². The molecule has 0 N–H and O–H groups in total. The standard InChI is InChI=1S/C16H22N2O4.Pt/c1-12(2)18-9-13(8-17-18)16-14(21-10-19-3)6-5-7-15(16)22-11-20-4;/h5-9,12H,10-11H2,1-4H3;. The van der Waals surface area contributed by atoms with Gasteiger partial charge in [-0.25, -0.2) is 0 Å². The monoisotopic (exact) mass is 501 g/mol. The quantitative estimate of drug-likeness (QED) is 0.521. The van der Waals surface area contributed by atoms with Crippen LogP contribution in [0.4, 0.5) is 0 Å². The molecule has 6 nitrogen and oxygen atoms in total. The molecule has 0 aliphatic rings. The molecule has 0 spiro atoms. The van der Waals surface area contributed by atoms with E-state index in [0.717, 1.165) is 11.1 Å². The molecule has 0 unspecified atom stereocenters. The number of methoxy groups -OCH3 is 2. The number of benzene rings is 1. The summed E-state index contributed by atoms with van der Waals surface area (Å²) in [6.07, 6.45) is 3.77. The third-order valence-electron chi connectivity index (χ3n) is 3.07. The first-order valence-electron chi connectivity index (χ1n) is 7.08. The van der Waals surface area contributed by atoms with Gasteiger partial charge in [-0.05, 0) is 26.0 Å². The van der Waals surface area contributed by atoms with Crippen LogP contribution in [-0.2, 0) is 30.5 Å². The summed E-state index contributed by atoms with van der Waals surface area (Å²) in [6, 6.07) is 5.90. The molecule has 0 aliphatic heterocycles. The van der Waals surface area contributed by atoms with Crippen LogP contribution >= 0.6 is 0 Å². The minimum absolute atomic E-state index is 0. The number of hydrogen-bond acceptors (Lipinski definition) is 5. The molecule has 0 amide bonds. The van der Waals surface area contributed by atoms with Crippen LogP contribution in [0.2, 0.25) is 0 Å². The third-order valence-corrected chi connectivity index (χ3v) is 3.07. The first kappa shape index (κ1) is 19.7. The maximum atomic E-state index is 5.65. The molecule has 0 aliphatic carbocycles. The predicted molar refractivity (Wildman–Crippen MR) is 83.1 cm³/mol. The fraction of sp³-hybridized carbons (Fsp3) is 0.438. The number of aromatic nitrogens is 2. The first-order chi connectivity index (χ1) is 10.7. The van der Waals surface area contributed by atoms with Crippen molar-refractivity contribution in [2.24, 2.45) is 0 Å². The van der Waals surface area contributed by atoms with Crippen molar-refractivity contribution in [1.82, 2.24) is 9.78 Å². The molecule has 0 bridgehead atoms. The Morgan fingerprint density at radius 3 is 2.04 bits per heavy atom. The Morgan fingerprint density at radius 1 is 1.04 bits per heavy atom. The minimum Gasteiger partial charge on any atom is -0.467 e. The molecular formula is C16H22N2O4Pt. The van der Waals surface area contributed by atoms with Gasteiger partial charge in [-0.15, -0.1) is 0 Å². The average Bonchev–Trinajstić information content (AvgIpc) is 3.00. The van der Waals surface area contributed by atoms with Crippen LogP contribution in [0.25, 0.3) is 11.1 Å². The Labute approximate surface area is 150 Å². The van der Waals surface area contributed by atoms with Crippen LogP contribution in [0, 0.1) is 0 Å². The van der Waals surface area contributed by atoms with Gasteiger partial charge in [0.05, 0.1) is 11.8 Å². The topological polar surface area (TPSA) is 54.7 Å². The molecule has 130 valence electrons.